The molecule has 0 saturated carbocycles. The fourth-order valence-electron chi connectivity index (χ4n) is 3.84. The zero-order valence-electron chi connectivity index (χ0n) is 19.7. The molecule has 1 aliphatic carbocycles. The minimum atomic E-state index is 0.508. The number of aryl methyl sites for hydroxylation is 1. The highest BCUT2D eigenvalue weighted by Gasteiger charge is 2.17. The Morgan fingerprint density at radius 2 is 1.20 bits per heavy atom. The van der Waals surface area contributed by atoms with Crippen LogP contribution in [0.1, 0.15) is 40.8 Å². The molecule has 3 aromatic carbocycles. The third-order valence-electron chi connectivity index (χ3n) is 5.66. The van der Waals surface area contributed by atoms with E-state index in [2.05, 4.69) is 34.4 Å². The summed E-state index contributed by atoms with van der Waals surface area (Å²) in [5.74, 6) is 0.617. The molecule has 0 fully saturated rings. The van der Waals surface area contributed by atoms with E-state index < -0.39 is 0 Å². The summed E-state index contributed by atoms with van der Waals surface area (Å²) in [6, 6.07) is 34.2. The molecule has 0 amide bonds. The first-order valence-electron chi connectivity index (χ1n) is 11.9. The third kappa shape index (κ3) is 7.52. The maximum atomic E-state index is 8.99. The van der Waals surface area contributed by atoms with Crippen LogP contribution in [-0.4, -0.2) is 15.9 Å². The van der Waals surface area contributed by atoms with Crippen molar-refractivity contribution in [3.05, 3.63) is 131 Å². The third-order valence-corrected chi connectivity index (χ3v) is 5.66. The van der Waals surface area contributed by atoms with Gasteiger partial charge in [-0.25, -0.2) is 4.98 Å². The first kappa shape index (κ1) is 24.2. The number of hydrogen-bond donors (Lipinski definition) is 1. The Labute approximate surface area is 206 Å². The number of oxime groups is 1. The summed E-state index contributed by atoms with van der Waals surface area (Å²) < 4.78 is 11.3. The van der Waals surface area contributed by atoms with Crippen LogP contribution in [0.2, 0.25) is 0 Å². The van der Waals surface area contributed by atoms with Crippen LogP contribution in [0.5, 0.6) is 5.88 Å². The van der Waals surface area contributed by atoms with Crippen LogP contribution in [0, 0.1) is 0 Å². The van der Waals surface area contributed by atoms with E-state index in [1.165, 1.54) is 11.1 Å². The van der Waals surface area contributed by atoms with E-state index in [0.717, 1.165) is 36.1 Å². The predicted octanol–water partition coefficient (Wildman–Crippen LogP) is 6.58. The molecule has 5 nitrogen and oxygen atoms in total. The van der Waals surface area contributed by atoms with Crippen molar-refractivity contribution in [1.82, 2.24) is 4.98 Å². The van der Waals surface area contributed by atoms with Gasteiger partial charge in [0.15, 0.2) is 0 Å². The summed E-state index contributed by atoms with van der Waals surface area (Å²) in [4.78, 5) is 4.51. The number of ether oxygens (including phenoxy) is 2. The maximum absolute atomic E-state index is 8.99. The van der Waals surface area contributed by atoms with Crippen molar-refractivity contribution >= 4 is 5.71 Å². The van der Waals surface area contributed by atoms with Crippen molar-refractivity contribution in [2.24, 2.45) is 5.16 Å². The van der Waals surface area contributed by atoms with E-state index in [4.69, 9.17) is 14.7 Å². The van der Waals surface area contributed by atoms with Gasteiger partial charge in [0.25, 0.3) is 0 Å². The zero-order chi connectivity index (χ0) is 24.1. The van der Waals surface area contributed by atoms with Crippen molar-refractivity contribution in [2.75, 3.05) is 0 Å². The van der Waals surface area contributed by atoms with Gasteiger partial charge in [0.1, 0.15) is 6.61 Å². The van der Waals surface area contributed by atoms with Crippen LogP contribution in [-0.2, 0) is 31.0 Å². The molecule has 178 valence electrons. The Kier molecular flexibility index (Phi) is 9.02. The van der Waals surface area contributed by atoms with Gasteiger partial charge < -0.3 is 14.7 Å². The SMILES string of the molecule is ON=C1CCCc2nc(OCc3ccccc3)ccc21.c1ccc(COCc2ccccc2)cc1. The molecule has 0 radical (unpaired) electrons. The Balaban J connectivity index is 0.000000172. The molecular formula is C30H30N2O3. The summed E-state index contributed by atoms with van der Waals surface area (Å²) in [6.07, 6.45) is 2.66. The molecule has 1 N–H and O–H groups in total. The summed E-state index contributed by atoms with van der Waals surface area (Å²) in [7, 11) is 0. The first-order chi connectivity index (χ1) is 17.3. The van der Waals surface area contributed by atoms with Gasteiger partial charge in [0.05, 0.1) is 24.6 Å². The molecule has 4 aromatic rings. The number of pyridine rings is 1. The van der Waals surface area contributed by atoms with Crippen molar-refractivity contribution in [2.45, 2.75) is 39.1 Å². The van der Waals surface area contributed by atoms with Crippen molar-refractivity contribution < 1.29 is 14.7 Å². The lowest BCUT2D eigenvalue weighted by atomic mass is 9.94. The molecular weight excluding hydrogens is 436 g/mol. The fraction of sp³-hybridized carbons (Fsp3) is 0.200. The predicted molar refractivity (Wildman–Crippen MR) is 138 cm³/mol. The molecule has 0 atom stereocenters. The van der Waals surface area contributed by atoms with Crippen LogP contribution in [0.25, 0.3) is 0 Å². The highest BCUT2D eigenvalue weighted by Crippen LogP contribution is 2.23. The average molecular weight is 467 g/mol. The Morgan fingerprint density at radius 1 is 0.657 bits per heavy atom. The lowest BCUT2D eigenvalue weighted by molar-refractivity contribution is 0.107. The summed E-state index contributed by atoms with van der Waals surface area (Å²) >= 11 is 0. The maximum Gasteiger partial charge on any atom is 0.213 e. The number of nitrogens with zero attached hydrogens (tertiary/aromatic N) is 2. The molecule has 5 rings (SSSR count). The van der Waals surface area contributed by atoms with Crippen molar-refractivity contribution in [3.8, 4) is 5.88 Å². The molecule has 0 unspecified atom stereocenters. The average Bonchev–Trinajstić information content (AvgIpc) is 2.93. The summed E-state index contributed by atoms with van der Waals surface area (Å²) in [5.41, 5.74) is 6.15. The monoisotopic (exact) mass is 466 g/mol. The van der Waals surface area contributed by atoms with Gasteiger partial charge in [0.2, 0.25) is 5.88 Å². The molecule has 5 heteroatoms. The minimum Gasteiger partial charge on any atom is -0.473 e. The van der Waals surface area contributed by atoms with Gasteiger partial charge in [-0.2, -0.15) is 0 Å². The van der Waals surface area contributed by atoms with Crippen LogP contribution < -0.4 is 4.74 Å². The van der Waals surface area contributed by atoms with Crippen molar-refractivity contribution in [1.29, 1.82) is 0 Å². The van der Waals surface area contributed by atoms with E-state index in [1.54, 1.807) is 0 Å². The van der Waals surface area contributed by atoms with E-state index in [-0.39, 0.29) is 0 Å². The number of aromatic nitrogens is 1. The number of rotatable bonds is 7. The molecule has 0 spiro atoms. The van der Waals surface area contributed by atoms with Gasteiger partial charge in [-0.1, -0.05) is 96.2 Å². The second-order valence-corrected chi connectivity index (χ2v) is 8.28. The van der Waals surface area contributed by atoms with E-state index in [1.807, 2.05) is 78.9 Å². The minimum absolute atomic E-state index is 0.508. The molecule has 1 aromatic heterocycles. The molecule has 0 bridgehead atoms. The van der Waals surface area contributed by atoms with Crippen LogP contribution in [0.4, 0.5) is 0 Å². The molecule has 0 saturated heterocycles. The van der Waals surface area contributed by atoms with Crippen molar-refractivity contribution in [3.63, 3.8) is 0 Å². The Bertz CT molecular complexity index is 1160. The molecule has 1 aliphatic rings. The van der Waals surface area contributed by atoms with Crippen LogP contribution in [0.3, 0.4) is 0 Å². The first-order valence-corrected chi connectivity index (χ1v) is 11.9. The fourth-order valence-corrected chi connectivity index (χ4v) is 3.84. The lowest BCUT2D eigenvalue weighted by Crippen LogP contribution is -2.14. The number of hydrogen-bond acceptors (Lipinski definition) is 5. The second-order valence-electron chi connectivity index (χ2n) is 8.28. The van der Waals surface area contributed by atoms with E-state index >= 15 is 0 Å². The molecule has 0 aliphatic heterocycles. The second kappa shape index (κ2) is 13.1. The Hall–Kier alpha value is -3.96. The topological polar surface area (TPSA) is 63.9 Å². The molecule has 1 heterocycles. The molecule has 35 heavy (non-hydrogen) atoms. The van der Waals surface area contributed by atoms with Crippen LogP contribution >= 0.6 is 0 Å². The van der Waals surface area contributed by atoms with Gasteiger partial charge in [-0.05, 0) is 42.0 Å². The smallest absolute Gasteiger partial charge is 0.213 e. The Morgan fingerprint density at radius 3 is 1.74 bits per heavy atom. The summed E-state index contributed by atoms with van der Waals surface area (Å²) in [6.45, 7) is 1.86. The number of fused-ring (bicyclic) bond motifs is 1. The highest BCUT2D eigenvalue weighted by atomic mass is 16.5. The normalized spacial score (nSPS) is 13.4. The van der Waals surface area contributed by atoms with Gasteiger partial charge in [-0.3, -0.25) is 0 Å². The number of benzene rings is 3. The lowest BCUT2D eigenvalue weighted by Gasteiger charge is -2.16. The highest BCUT2D eigenvalue weighted by molar-refractivity contribution is 6.01. The van der Waals surface area contributed by atoms with E-state index in [0.29, 0.717) is 31.4 Å². The van der Waals surface area contributed by atoms with Crippen LogP contribution in [0.15, 0.2) is 108 Å². The van der Waals surface area contributed by atoms with Gasteiger partial charge in [0, 0.05) is 11.6 Å². The zero-order valence-corrected chi connectivity index (χ0v) is 19.7. The van der Waals surface area contributed by atoms with Gasteiger partial charge >= 0.3 is 0 Å². The van der Waals surface area contributed by atoms with Gasteiger partial charge in [-0.15, -0.1) is 0 Å². The standard InChI is InChI=1S/C16H16N2O2.C14H14O/c19-18-15-8-4-7-14-13(15)9-10-16(17-14)20-11-12-5-2-1-3-6-12;1-3-7-13(8-4-1)11-15-12-14-9-5-2-6-10-14/h1-3,5-6,9-10,19H,4,7-8,11H2;1-10H,11-12H2. The largest absolute Gasteiger partial charge is 0.473 e. The quantitative estimate of drug-likeness (QED) is 0.247. The summed E-state index contributed by atoms with van der Waals surface area (Å²) in [5, 5.41) is 12.3. The van der Waals surface area contributed by atoms with E-state index in [9.17, 15) is 0 Å².